The summed E-state index contributed by atoms with van der Waals surface area (Å²) < 4.78 is 13.3. The van der Waals surface area contributed by atoms with Crippen molar-refractivity contribution in [3.05, 3.63) is 35.6 Å². The Morgan fingerprint density at radius 1 is 1.36 bits per heavy atom. The van der Waals surface area contributed by atoms with E-state index >= 15 is 0 Å². The van der Waals surface area contributed by atoms with Crippen molar-refractivity contribution < 1.29 is 9.50 Å². The first-order valence-corrected chi connectivity index (χ1v) is 5.92. The van der Waals surface area contributed by atoms with Gasteiger partial charge in [-0.2, -0.15) is 11.8 Å². The maximum Gasteiger partial charge on any atom is 0.126 e. The van der Waals surface area contributed by atoms with Crippen LogP contribution in [-0.2, 0) is 6.42 Å². The third-order valence-electron chi connectivity index (χ3n) is 2.60. The van der Waals surface area contributed by atoms with Crippen LogP contribution in [0.15, 0.2) is 24.3 Å². The smallest absolute Gasteiger partial charge is 0.126 e. The van der Waals surface area contributed by atoms with Gasteiger partial charge in [0.05, 0.1) is 6.10 Å². The molecule has 0 aliphatic carbocycles. The molecule has 3 heteroatoms. The Hall–Kier alpha value is -0.540. The van der Waals surface area contributed by atoms with Crippen molar-refractivity contribution in [3.63, 3.8) is 0 Å². The zero-order chi connectivity index (χ0) is 9.97. The van der Waals surface area contributed by atoms with Crippen LogP contribution in [-0.4, -0.2) is 22.7 Å². The molecule has 14 heavy (non-hydrogen) atoms. The van der Waals surface area contributed by atoms with Crippen LogP contribution < -0.4 is 0 Å². The lowest BCUT2D eigenvalue weighted by atomic mass is 9.96. The molecular weight excluding hydrogens is 199 g/mol. The maximum absolute atomic E-state index is 13.3. The van der Waals surface area contributed by atoms with Crippen molar-refractivity contribution in [1.82, 2.24) is 0 Å². The van der Waals surface area contributed by atoms with E-state index in [1.54, 1.807) is 23.9 Å². The second kappa shape index (κ2) is 4.32. The van der Waals surface area contributed by atoms with Gasteiger partial charge in [-0.05, 0) is 29.7 Å². The second-order valence-corrected chi connectivity index (χ2v) is 4.74. The van der Waals surface area contributed by atoms with E-state index in [9.17, 15) is 9.50 Å². The minimum absolute atomic E-state index is 0.156. The molecule has 0 saturated carbocycles. The molecule has 1 aliphatic heterocycles. The van der Waals surface area contributed by atoms with Crippen molar-refractivity contribution in [2.24, 2.45) is 5.92 Å². The van der Waals surface area contributed by atoms with Crippen LogP contribution in [0.3, 0.4) is 0 Å². The molecule has 0 aromatic heterocycles. The van der Waals surface area contributed by atoms with E-state index < -0.39 is 0 Å². The zero-order valence-electron chi connectivity index (χ0n) is 7.82. The number of halogens is 1. The number of rotatable bonds is 2. The van der Waals surface area contributed by atoms with Crippen molar-refractivity contribution >= 4 is 11.8 Å². The third-order valence-corrected chi connectivity index (χ3v) is 3.85. The molecule has 0 radical (unpaired) electrons. The van der Waals surface area contributed by atoms with E-state index in [4.69, 9.17) is 0 Å². The van der Waals surface area contributed by atoms with Gasteiger partial charge in [0.15, 0.2) is 0 Å². The van der Waals surface area contributed by atoms with Gasteiger partial charge in [-0.15, -0.1) is 0 Å². The fourth-order valence-electron chi connectivity index (χ4n) is 1.73. The molecule has 1 aromatic carbocycles. The highest BCUT2D eigenvalue weighted by atomic mass is 32.2. The Bertz CT molecular complexity index is 316. The van der Waals surface area contributed by atoms with Crippen molar-refractivity contribution in [1.29, 1.82) is 0 Å². The molecule has 76 valence electrons. The molecule has 1 N–H and O–H groups in total. The Balaban J connectivity index is 2.07. The number of benzene rings is 1. The van der Waals surface area contributed by atoms with Gasteiger partial charge in [0.25, 0.3) is 0 Å². The predicted molar refractivity (Wildman–Crippen MR) is 56.9 cm³/mol. The number of thioether (sulfide) groups is 1. The maximum atomic E-state index is 13.3. The highest BCUT2D eigenvalue weighted by molar-refractivity contribution is 7.99. The first kappa shape index (κ1) is 9.99. The van der Waals surface area contributed by atoms with E-state index in [1.165, 1.54) is 6.07 Å². The molecule has 2 rings (SSSR count). The molecule has 1 saturated heterocycles. The minimum atomic E-state index is -0.264. The molecule has 0 amide bonds. The molecule has 1 fully saturated rings. The van der Waals surface area contributed by atoms with Crippen LogP contribution in [0.4, 0.5) is 4.39 Å². The van der Waals surface area contributed by atoms with Crippen LogP contribution in [0.1, 0.15) is 5.56 Å². The second-order valence-electron chi connectivity index (χ2n) is 3.66. The highest BCUT2D eigenvalue weighted by Gasteiger charge is 2.26. The van der Waals surface area contributed by atoms with Gasteiger partial charge in [0.2, 0.25) is 0 Å². The van der Waals surface area contributed by atoms with Crippen LogP contribution in [0.5, 0.6) is 0 Å². The predicted octanol–water partition coefficient (Wildman–Crippen LogP) is 2.09. The topological polar surface area (TPSA) is 20.2 Å². The lowest BCUT2D eigenvalue weighted by Crippen LogP contribution is -2.20. The Morgan fingerprint density at radius 3 is 2.79 bits per heavy atom. The summed E-state index contributed by atoms with van der Waals surface area (Å²) in [6.07, 6.45) is 0.389. The monoisotopic (exact) mass is 212 g/mol. The Morgan fingerprint density at radius 2 is 2.14 bits per heavy atom. The molecule has 0 bridgehead atoms. The van der Waals surface area contributed by atoms with Gasteiger partial charge < -0.3 is 5.11 Å². The van der Waals surface area contributed by atoms with Gasteiger partial charge >= 0.3 is 0 Å². The first-order chi connectivity index (χ1) is 6.77. The summed E-state index contributed by atoms with van der Waals surface area (Å²) in [4.78, 5) is 0. The van der Waals surface area contributed by atoms with Gasteiger partial charge in [-0.25, -0.2) is 4.39 Å². The molecule has 0 spiro atoms. The van der Waals surface area contributed by atoms with E-state index in [0.717, 1.165) is 17.1 Å². The van der Waals surface area contributed by atoms with E-state index in [2.05, 4.69) is 0 Å². The van der Waals surface area contributed by atoms with Crippen LogP contribution in [0, 0.1) is 11.7 Å². The normalized spacial score (nSPS) is 26.7. The van der Waals surface area contributed by atoms with Crippen LogP contribution in [0.25, 0.3) is 0 Å². The zero-order valence-corrected chi connectivity index (χ0v) is 8.64. The standard InChI is InChI=1S/C11H13FOS/c12-10-4-2-1-3-8(10)5-9-6-14-7-11(9)13/h1-4,9,11,13H,5-7H2. The van der Waals surface area contributed by atoms with E-state index in [-0.39, 0.29) is 17.8 Å². The fraction of sp³-hybridized carbons (Fsp3) is 0.455. The van der Waals surface area contributed by atoms with Gasteiger partial charge in [0.1, 0.15) is 5.82 Å². The van der Waals surface area contributed by atoms with Gasteiger partial charge in [-0.3, -0.25) is 0 Å². The summed E-state index contributed by atoms with van der Waals surface area (Å²) in [5.41, 5.74) is 0.721. The number of hydrogen-bond donors (Lipinski definition) is 1. The number of aliphatic hydroxyl groups excluding tert-OH is 1. The average Bonchev–Trinajstić information content (AvgIpc) is 2.56. The van der Waals surface area contributed by atoms with E-state index in [0.29, 0.717) is 6.42 Å². The quantitative estimate of drug-likeness (QED) is 0.810. The summed E-state index contributed by atoms with van der Waals surface area (Å²) in [5, 5.41) is 9.60. The third kappa shape index (κ3) is 2.10. The van der Waals surface area contributed by atoms with Gasteiger partial charge in [0, 0.05) is 5.75 Å². The molecular formula is C11H13FOS. The number of hydrogen-bond acceptors (Lipinski definition) is 2. The largest absolute Gasteiger partial charge is 0.392 e. The molecule has 1 aromatic rings. The van der Waals surface area contributed by atoms with Crippen LogP contribution >= 0.6 is 11.8 Å². The van der Waals surface area contributed by atoms with E-state index in [1.807, 2.05) is 6.07 Å². The molecule has 1 nitrogen and oxygen atoms in total. The SMILES string of the molecule is OC1CSCC1Cc1ccccc1F. The summed E-state index contributed by atoms with van der Waals surface area (Å²) in [7, 11) is 0. The average molecular weight is 212 g/mol. The van der Waals surface area contributed by atoms with Crippen molar-refractivity contribution in [2.75, 3.05) is 11.5 Å². The summed E-state index contributed by atoms with van der Waals surface area (Å²) in [5.74, 6) is 1.79. The Labute approximate surface area is 87.3 Å². The molecule has 1 aliphatic rings. The number of aliphatic hydroxyl groups is 1. The lowest BCUT2D eigenvalue weighted by Gasteiger charge is -2.13. The molecule has 2 unspecified atom stereocenters. The summed E-state index contributed by atoms with van der Waals surface area (Å²) in [6, 6.07) is 6.81. The lowest BCUT2D eigenvalue weighted by molar-refractivity contribution is 0.149. The first-order valence-electron chi connectivity index (χ1n) is 4.76. The molecule has 1 heterocycles. The fourth-order valence-corrected chi connectivity index (χ4v) is 3.02. The van der Waals surface area contributed by atoms with Crippen molar-refractivity contribution in [3.8, 4) is 0 Å². The summed E-state index contributed by atoms with van der Waals surface area (Å²) >= 11 is 1.74. The minimum Gasteiger partial charge on any atom is -0.392 e. The van der Waals surface area contributed by atoms with Gasteiger partial charge in [-0.1, -0.05) is 18.2 Å². The summed E-state index contributed by atoms with van der Waals surface area (Å²) in [6.45, 7) is 0. The van der Waals surface area contributed by atoms with Crippen molar-refractivity contribution in [2.45, 2.75) is 12.5 Å². The Kier molecular flexibility index (Phi) is 3.08. The molecule has 2 atom stereocenters. The highest BCUT2D eigenvalue weighted by Crippen LogP contribution is 2.27. The van der Waals surface area contributed by atoms with Crippen LogP contribution in [0.2, 0.25) is 0 Å².